The van der Waals surface area contributed by atoms with Crippen LogP contribution in [0.25, 0.3) is 0 Å². The Bertz CT molecular complexity index is 1950. The zero-order valence-electron chi connectivity index (χ0n) is 34.0. The fourth-order valence-electron chi connectivity index (χ4n) is 8.20. The van der Waals surface area contributed by atoms with Crippen LogP contribution in [0.5, 0.6) is 0 Å². The van der Waals surface area contributed by atoms with Crippen LogP contribution in [0.2, 0.25) is 0 Å². The maximum atomic E-state index is 4.89. The van der Waals surface area contributed by atoms with Crippen LogP contribution >= 0.6 is 27.0 Å². The second-order valence-electron chi connectivity index (χ2n) is 16.7. The second-order valence-corrected chi connectivity index (χ2v) is 29.4. The van der Waals surface area contributed by atoms with Gasteiger partial charge in [0.25, 0.3) is 0 Å². The molecule has 1 atom stereocenters. The molecule has 0 saturated carbocycles. The SMILES string of the molecule is CC(C)c1cccc(C(C)C)c1N1[Si-]2(N(C(C)(C)C)C(c3ccccc3)=[N+]2C(C)(C)C)[P+]1(c1ccccc1)c1ccccc1.Cc1ccccc1.[Cl][Ge][Cl]. The summed E-state index contributed by atoms with van der Waals surface area (Å²) in [5.74, 6) is 2.20. The molecule has 1 spiro atoms. The van der Waals surface area contributed by atoms with E-state index in [2.05, 4.69) is 211 Å². The summed E-state index contributed by atoms with van der Waals surface area (Å²) in [5, 5.41) is 2.98. The van der Waals surface area contributed by atoms with Crippen molar-refractivity contribution in [2.75, 3.05) is 4.34 Å². The van der Waals surface area contributed by atoms with Gasteiger partial charge >= 0.3 is 41.8 Å². The number of para-hydroxylation sites is 1. The minimum absolute atomic E-state index is 0.0898. The molecule has 1 unspecified atom stereocenters. The van der Waals surface area contributed by atoms with Crippen LogP contribution in [0.4, 0.5) is 5.69 Å². The molecule has 0 N–H and O–H groups in total. The standard InChI is InChI=1S/C39H50N3PSi.C7H8.Cl2Ge/c1-29(2)34-27-20-28-35(30(3)4)36(34)42-43(32-23-16-12-17-24-32,33-25-18-13-19-26-33)44(42)40(38(5,6)7)37(41(44)39(8,9)10)31-21-14-11-15-22-31;1-7-5-3-2-4-6-7;1-3-2/h11-30H,1-10H3;2-6H,1H3;/q+1;;. The number of amidine groups is 1. The Morgan fingerprint density at radius 1 is 0.593 bits per heavy atom. The molecule has 0 aliphatic carbocycles. The minimum atomic E-state index is -2.69. The predicted octanol–water partition coefficient (Wildman–Crippen LogP) is 12.1. The number of halogens is 2. The van der Waals surface area contributed by atoms with Gasteiger partial charge in [-0.15, -0.1) is 0 Å². The third-order valence-electron chi connectivity index (χ3n) is 10.1. The molecule has 5 aromatic rings. The van der Waals surface area contributed by atoms with Crippen molar-refractivity contribution in [1.82, 2.24) is 4.57 Å². The van der Waals surface area contributed by atoms with Crippen molar-refractivity contribution < 1.29 is 4.24 Å². The first-order valence-electron chi connectivity index (χ1n) is 19.1. The summed E-state index contributed by atoms with van der Waals surface area (Å²) in [6, 6.07) is 51.7. The van der Waals surface area contributed by atoms with Crippen LogP contribution < -0.4 is 14.9 Å². The van der Waals surface area contributed by atoms with E-state index in [0.717, 1.165) is 0 Å². The summed E-state index contributed by atoms with van der Waals surface area (Å²) >= 11 is -0.556. The third kappa shape index (κ3) is 7.63. The maximum absolute atomic E-state index is 4.89. The molecular formula is C46H58Cl2GeN3PSi+. The molecule has 0 aromatic heterocycles. The quantitative estimate of drug-likeness (QED) is 0.0956. The van der Waals surface area contributed by atoms with Crippen molar-refractivity contribution in [2.24, 2.45) is 0 Å². The number of hydrogen-bond donors (Lipinski definition) is 0. The third-order valence-corrected chi connectivity index (χ3v) is 25.0. The molecule has 2 radical (unpaired) electrons. The van der Waals surface area contributed by atoms with Crippen LogP contribution in [0.3, 0.4) is 0 Å². The van der Waals surface area contributed by atoms with E-state index >= 15 is 0 Å². The van der Waals surface area contributed by atoms with Gasteiger partial charge in [0.05, 0.1) is 27.3 Å². The van der Waals surface area contributed by atoms with Crippen LogP contribution in [0, 0.1) is 6.92 Å². The summed E-state index contributed by atoms with van der Waals surface area (Å²) in [6.07, 6.45) is 0. The zero-order valence-corrected chi connectivity index (χ0v) is 39.5. The van der Waals surface area contributed by atoms with Gasteiger partial charge in [0.2, 0.25) is 5.84 Å². The topological polar surface area (TPSA) is 9.26 Å². The second kappa shape index (κ2) is 17.1. The average molecular weight is 856 g/mol. The molecule has 2 heterocycles. The molecular weight excluding hydrogens is 797 g/mol. The number of rotatable bonds is 6. The first-order chi connectivity index (χ1) is 25.6. The molecule has 1 saturated heterocycles. The Morgan fingerprint density at radius 2 is 0.981 bits per heavy atom. The summed E-state index contributed by atoms with van der Waals surface area (Å²) in [6.45, 7) is 24.0. The van der Waals surface area contributed by atoms with Gasteiger partial charge in [0.1, 0.15) is 6.96 Å². The molecule has 0 amide bonds. The van der Waals surface area contributed by atoms with E-state index in [1.54, 1.807) is 0 Å². The Morgan fingerprint density at radius 3 is 1.31 bits per heavy atom. The van der Waals surface area contributed by atoms with Crippen LogP contribution in [0.1, 0.15) is 103 Å². The van der Waals surface area contributed by atoms with Gasteiger partial charge in [0.15, 0.2) is 0 Å². The molecule has 7 rings (SSSR count). The summed E-state index contributed by atoms with van der Waals surface area (Å²) < 4.78 is 8.95. The van der Waals surface area contributed by atoms with Crippen LogP contribution in [0.15, 0.2) is 140 Å². The molecule has 2 aliphatic heterocycles. The first kappa shape index (κ1) is 42.3. The fraction of sp³-hybridized carbons (Fsp3) is 0.326. The average Bonchev–Trinajstić information content (AvgIpc) is 3.78. The van der Waals surface area contributed by atoms with Crippen LogP contribution in [-0.2, 0) is 0 Å². The van der Waals surface area contributed by atoms with E-state index in [4.69, 9.17) is 20.0 Å². The molecule has 54 heavy (non-hydrogen) atoms. The van der Waals surface area contributed by atoms with Crippen molar-refractivity contribution in [3.05, 3.63) is 162 Å². The number of anilines is 1. The molecule has 3 nitrogen and oxygen atoms in total. The van der Waals surface area contributed by atoms with Gasteiger partial charge in [0, 0.05) is 5.69 Å². The van der Waals surface area contributed by atoms with Gasteiger partial charge in [-0.05, 0) is 108 Å². The summed E-state index contributed by atoms with van der Waals surface area (Å²) in [7, 11) is 7.09. The van der Waals surface area contributed by atoms with E-state index in [-0.39, 0.29) is 11.1 Å². The molecule has 283 valence electrons. The van der Waals surface area contributed by atoms with Gasteiger partial charge in [-0.1, -0.05) is 136 Å². The van der Waals surface area contributed by atoms with E-state index in [1.807, 2.05) is 18.2 Å². The Balaban J connectivity index is 0.000000492. The number of benzene rings is 5. The summed E-state index contributed by atoms with van der Waals surface area (Å²) in [4.78, 5) is 0. The van der Waals surface area contributed by atoms with E-state index in [0.29, 0.717) is 11.8 Å². The number of nitrogens with zero attached hydrogens (tertiary/aromatic N) is 3. The Hall–Kier alpha value is -2.86. The molecule has 2 aliphatic rings. The fourth-order valence-corrected chi connectivity index (χ4v) is 28.7. The first-order valence-corrected chi connectivity index (χ1v) is 29.0. The van der Waals surface area contributed by atoms with E-state index in [1.165, 1.54) is 44.4 Å². The van der Waals surface area contributed by atoms with E-state index < -0.39 is 28.8 Å². The normalized spacial score (nSPS) is 17.5. The molecule has 5 aromatic carbocycles. The summed E-state index contributed by atoms with van der Waals surface area (Å²) in [5.41, 5.74) is 6.87. The van der Waals surface area contributed by atoms with Gasteiger partial charge in [-0.2, -0.15) is 0 Å². The van der Waals surface area contributed by atoms with Crippen molar-refractivity contribution in [3.63, 3.8) is 0 Å². The number of hydrogen-bond acceptors (Lipinski definition) is 2. The van der Waals surface area contributed by atoms with E-state index in [9.17, 15) is 0 Å². The number of aryl methyl sites for hydroxylation is 1. The van der Waals surface area contributed by atoms with Crippen molar-refractivity contribution in [2.45, 2.75) is 99.1 Å². The monoisotopic (exact) mass is 855 g/mol. The predicted molar refractivity (Wildman–Crippen MR) is 243 cm³/mol. The molecule has 0 bridgehead atoms. The molecule has 8 heteroatoms. The van der Waals surface area contributed by atoms with Crippen molar-refractivity contribution >= 4 is 70.9 Å². The van der Waals surface area contributed by atoms with Gasteiger partial charge in [-0.3, -0.25) is 4.34 Å². The zero-order chi connectivity index (χ0) is 39.5. The van der Waals surface area contributed by atoms with Gasteiger partial charge < -0.3 is 8.81 Å². The Kier molecular flexibility index (Phi) is 13.4. The molecule has 1 fully saturated rings. The van der Waals surface area contributed by atoms with Gasteiger partial charge in [-0.25, -0.2) is 0 Å². The Labute approximate surface area is 342 Å². The van der Waals surface area contributed by atoms with Crippen molar-refractivity contribution in [1.29, 1.82) is 0 Å². The van der Waals surface area contributed by atoms with Crippen LogP contribution in [-0.4, -0.2) is 47.5 Å². The van der Waals surface area contributed by atoms with Crippen molar-refractivity contribution in [3.8, 4) is 0 Å².